The number of hydrogen-bond acceptors (Lipinski definition) is 2. The van der Waals surface area contributed by atoms with Crippen molar-refractivity contribution in [1.82, 2.24) is 5.32 Å². The minimum absolute atomic E-state index is 0.0368. The van der Waals surface area contributed by atoms with Gasteiger partial charge in [0, 0.05) is 6.54 Å². The van der Waals surface area contributed by atoms with Gasteiger partial charge in [-0.3, -0.25) is 4.79 Å². The van der Waals surface area contributed by atoms with Crippen LogP contribution < -0.4 is 5.32 Å². The summed E-state index contributed by atoms with van der Waals surface area (Å²) in [6.07, 6.45) is 0. The minimum atomic E-state index is -0.0368. The van der Waals surface area contributed by atoms with Crippen molar-refractivity contribution in [1.29, 1.82) is 0 Å². The molecule has 1 aromatic carbocycles. The lowest BCUT2D eigenvalue weighted by molar-refractivity contribution is -0.120. The van der Waals surface area contributed by atoms with Gasteiger partial charge in [0.1, 0.15) is 5.78 Å². The lowest BCUT2D eigenvalue weighted by Crippen LogP contribution is -2.39. The first kappa shape index (κ1) is 11.9. The van der Waals surface area contributed by atoms with E-state index in [2.05, 4.69) is 31.3 Å². The Morgan fingerprint density at radius 1 is 1.27 bits per heavy atom. The summed E-state index contributed by atoms with van der Waals surface area (Å²) in [5, 5.41) is 3.29. The normalized spacial score (nSPS) is 12.8. The van der Waals surface area contributed by atoms with Gasteiger partial charge in [0.25, 0.3) is 0 Å². The molecule has 0 aliphatic rings. The molecule has 1 N–H and O–H groups in total. The first-order valence-electron chi connectivity index (χ1n) is 5.39. The average molecular weight is 205 g/mol. The van der Waals surface area contributed by atoms with Crippen molar-refractivity contribution in [3.8, 4) is 0 Å². The number of Topliss-reactive ketones (excluding diaryl/α,β-unsaturated/α-hetero) is 1. The van der Waals surface area contributed by atoms with Gasteiger partial charge in [0.2, 0.25) is 0 Å². The van der Waals surface area contributed by atoms with E-state index in [9.17, 15) is 4.79 Å². The minimum Gasteiger partial charge on any atom is -0.303 e. The molecule has 82 valence electrons. The van der Waals surface area contributed by atoms with Crippen LogP contribution in [0.4, 0.5) is 0 Å². The monoisotopic (exact) mass is 205 g/mol. The molecule has 2 nitrogen and oxygen atoms in total. The zero-order chi connectivity index (χ0) is 11.3. The second-order valence-electron chi connectivity index (χ2n) is 4.20. The molecule has 1 rings (SSSR count). The third kappa shape index (κ3) is 3.84. The summed E-state index contributed by atoms with van der Waals surface area (Å²) in [6.45, 7) is 6.51. The third-order valence-electron chi connectivity index (χ3n) is 2.47. The number of ketones is 1. The molecule has 0 aliphatic carbocycles. The molecule has 0 amide bonds. The van der Waals surface area contributed by atoms with Gasteiger partial charge in [0.15, 0.2) is 0 Å². The Labute approximate surface area is 91.7 Å². The molecule has 15 heavy (non-hydrogen) atoms. The molecular weight excluding hydrogens is 186 g/mol. The third-order valence-corrected chi connectivity index (χ3v) is 2.47. The van der Waals surface area contributed by atoms with Crippen molar-refractivity contribution >= 4 is 5.78 Å². The molecule has 0 heterocycles. The van der Waals surface area contributed by atoms with E-state index in [4.69, 9.17) is 0 Å². The molecule has 1 aromatic rings. The van der Waals surface area contributed by atoms with Crippen molar-refractivity contribution in [2.24, 2.45) is 5.92 Å². The van der Waals surface area contributed by atoms with Crippen molar-refractivity contribution < 1.29 is 4.79 Å². The summed E-state index contributed by atoms with van der Waals surface area (Å²) in [5.74, 6) is 0.548. The first-order valence-corrected chi connectivity index (χ1v) is 5.39. The van der Waals surface area contributed by atoms with Gasteiger partial charge in [-0.15, -0.1) is 0 Å². The topological polar surface area (TPSA) is 29.1 Å². The van der Waals surface area contributed by atoms with Gasteiger partial charge in [-0.1, -0.05) is 44.2 Å². The van der Waals surface area contributed by atoms with E-state index < -0.39 is 0 Å². The second-order valence-corrected chi connectivity index (χ2v) is 4.20. The Hall–Kier alpha value is -1.15. The maximum Gasteiger partial charge on any atom is 0.146 e. The molecule has 0 bridgehead atoms. The predicted molar refractivity (Wildman–Crippen MR) is 62.6 cm³/mol. The van der Waals surface area contributed by atoms with Crippen LogP contribution in [0.1, 0.15) is 26.3 Å². The molecular formula is C13H19NO. The fraction of sp³-hybridized carbons (Fsp3) is 0.462. The van der Waals surface area contributed by atoms with Gasteiger partial charge >= 0.3 is 0 Å². The maximum atomic E-state index is 11.3. The summed E-state index contributed by atoms with van der Waals surface area (Å²) < 4.78 is 0. The molecule has 0 saturated carbocycles. The Kier molecular flexibility index (Phi) is 4.50. The molecule has 0 aliphatic heterocycles. The fourth-order valence-corrected chi connectivity index (χ4v) is 1.67. The number of nitrogens with one attached hydrogen (secondary N) is 1. The van der Waals surface area contributed by atoms with Crippen LogP contribution in [0.3, 0.4) is 0 Å². The molecule has 0 fully saturated rings. The molecule has 2 heteroatoms. The maximum absolute atomic E-state index is 11.3. The highest BCUT2D eigenvalue weighted by atomic mass is 16.1. The Morgan fingerprint density at radius 3 is 2.33 bits per heavy atom. The second kappa shape index (κ2) is 5.66. The van der Waals surface area contributed by atoms with Crippen LogP contribution in [0.5, 0.6) is 0 Å². The summed E-state index contributed by atoms with van der Waals surface area (Å²) in [6, 6.07) is 10.1. The Bertz CT molecular complexity index is 306. The lowest BCUT2D eigenvalue weighted by Gasteiger charge is -2.19. The first-order chi connectivity index (χ1) is 7.11. The largest absolute Gasteiger partial charge is 0.303 e. The lowest BCUT2D eigenvalue weighted by atomic mass is 10.0. The van der Waals surface area contributed by atoms with Gasteiger partial charge in [-0.25, -0.2) is 0 Å². The van der Waals surface area contributed by atoms with E-state index in [0.717, 1.165) is 6.54 Å². The number of benzene rings is 1. The Morgan fingerprint density at radius 2 is 1.87 bits per heavy atom. The van der Waals surface area contributed by atoms with Crippen LogP contribution in [0.2, 0.25) is 0 Å². The van der Waals surface area contributed by atoms with Gasteiger partial charge in [-0.2, -0.15) is 0 Å². The standard InChI is InChI=1S/C13H19NO/c1-10(2)13(11(3)15)14-9-12-7-5-4-6-8-12/h4-8,10,13-14H,9H2,1-3H3. The molecule has 0 radical (unpaired) electrons. The van der Waals surface area contributed by atoms with Crippen LogP contribution in [0.25, 0.3) is 0 Å². The SMILES string of the molecule is CC(=O)C(NCc1ccccc1)C(C)C. The van der Waals surface area contributed by atoms with Crippen molar-refractivity contribution in [3.05, 3.63) is 35.9 Å². The summed E-state index contributed by atoms with van der Waals surface area (Å²) in [7, 11) is 0. The number of hydrogen-bond donors (Lipinski definition) is 1. The van der Waals surface area contributed by atoms with Gasteiger partial charge in [0.05, 0.1) is 6.04 Å². The fourth-order valence-electron chi connectivity index (χ4n) is 1.67. The van der Waals surface area contributed by atoms with Crippen LogP contribution >= 0.6 is 0 Å². The van der Waals surface area contributed by atoms with E-state index in [0.29, 0.717) is 5.92 Å². The van der Waals surface area contributed by atoms with Crippen molar-refractivity contribution in [2.75, 3.05) is 0 Å². The van der Waals surface area contributed by atoms with E-state index >= 15 is 0 Å². The zero-order valence-electron chi connectivity index (χ0n) is 9.66. The molecule has 0 aromatic heterocycles. The summed E-state index contributed by atoms with van der Waals surface area (Å²) in [5.41, 5.74) is 1.21. The zero-order valence-corrected chi connectivity index (χ0v) is 9.66. The van der Waals surface area contributed by atoms with Crippen molar-refractivity contribution in [3.63, 3.8) is 0 Å². The van der Waals surface area contributed by atoms with E-state index in [1.807, 2.05) is 18.2 Å². The number of carbonyl (C=O) groups excluding carboxylic acids is 1. The van der Waals surface area contributed by atoms with E-state index in [1.165, 1.54) is 5.56 Å². The highest BCUT2D eigenvalue weighted by Crippen LogP contribution is 2.05. The van der Waals surface area contributed by atoms with Gasteiger partial charge < -0.3 is 5.32 Å². The number of rotatable bonds is 5. The van der Waals surface area contributed by atoms with Crippen LogP contribution in [0.15, 0.2) is 30.3 Å². The van der Waals surface area contributed by atoms with E-state index in [1.54, 1.807) is 6.92 Å². The predicted octanol–water partition coefficient (Wildman–Crippen LogP) is 2.39. The van der Waals surface area contributed by atoms with E-state index in [-0.39, 0.29) is 11.8 Å². The highest BCUT2D eigenvalue weighted by Gasteiger charge is 2.16. The molecule has 0 spiro atoms. The summed E-state index contributed by atoms with van der Waals surface area (Å²) in [4.78, 5) is 11.3. The average Bonchev–Trinajstić information content (AvgIpc) is 2.18. The summed E-state index contributed by atoms with van der Waals surface area (Å²) >= 11 is 0. The highest BCUT2D eigenvalue weighted by molar-refractivity contribution is 5.81. The molecule has 1 atom stereocenters. The Balaban J connectivity index is 2.51. The van der Waals surface area contributed by atoms with Crippen LogP contribution in [0, 0.1) is 5.92 Å². The smallest absolute Gasteiger partial charge is 0.146 e. The van der Waals surface area contributed by atoms with Crippen LogP contribution in [-0.2, 0) is 11.3 Å². The van der Waals surface area contributed by atoms with Gasteiger partial charge in [-0.05, 0) is 18.4 Å². The molecule has 1 unspecified atom stereocenters. The number of carbonyl (C=O) groups is 1. The quantitative estimate of drug-likeness (QED) is 0.799. The van der Waals surface area contributed by atoms with Crippen molar-refractivity contribution in [2.45, 2.75) is 33.4 Å². The molecule has 0 saturated heterocycles. The van der Waals surface area contributed by atoms with Crippen LogP contribution in [-0.4, -0.2) is 11.8 Å².